The summed E-state index contributed by atoms with van der Waals surface area (Å²) < 4.78 is 0. The third kappa shape index (κ3) is 4.19. The summed E-state index contributed by atoms with van der Waals surface area (Å²) in [6.07, 6.45) is 1.05. The monoisotopic (exact) mass is 254 g/mol. The standard InChI is InChI=1S/C17H22N2/c1-19(13-5-12-18)14-15-8-10-17(11-9-15)16-6-3-2-4-7-16/h2-4,6-11H,5,12-14,18H2,1H3. The minimum Gasteiger partial charge on any atom is -0.330 e. The maximum absolute atomic E-state index is 5.53. The van der Waals surface area contributed by atoms with Crippen molar-refractivity contribution in [1.29, 1.82) is 0 Å². The average Bonchev–Trinajstić information content (AvgIpc) is 2.47. The Morgan fingerprint density at radius 1 is 0.895 bits per heavy atom. The second-order valence-electron chi connectivity index (χ2n) is 4.94. The molecule has 0 bridgehead atoms. The molecule has 0 aromatic heterocycles. The van der Waals surface area contributed by atoms with Crippen molar-refractivity contribution in [1.82, 2.24) is 4.90 Å². The van der Waals surface area contributed by atoms with E-state index in [1.165, 1.54) is 16.7 Å². The number of rotatable bonds is 6. The van der Waals surface area contributed by atoms with E-state index in [1.807, 2.05) is 6.07 Å². The molecule has 0 fully saturated rings. The third-order valence-electron chi connectivity index (χ3n) is 3.26. The Morgan fingerprint density at radius 2 is 1.53 bits per heavy atom. The second kappa shape index (κ2) is 7.07. The Bertz CT molecular complexity index is 476. The molecule has 0 saturated carbocycles. The van der Waals surface area contributed by atoms with Crippen molar-refractivity contribution in [3.8, 4) is 11.1 Å². The van der Waals surface area contributed by atoms with E-state index in [-0.39, 0.29) is 0 Å². The predicted molar refractivity (Wildman–Crippen MR) is 81.9 cm³/mol. The molecule has 2 rings (SSSR count). The van der Waals surface area contributed by atoms with Gasteiger partial charge in [0.1, 0.15) is 0 Å². The van der Waals surface area contributed by atoms with Gasteiger partial charge in [-0.2, -0.15) is 0 Å². The molecule has 0 spiro atoms. The van der Waals surface area contributed by atoms with Crippen LogP contribution < -0.4 is 5.73 Å². The van der Waals surface area contributed by atoms with Crippen LogP contribution in [0.25, 0.3) is 11.1 Å². The molecule has 2 aromatic rings. The van der Waals surface area contributed by atoms with Crippen LogP contribution in [0.5, 0.6) is 0 Å². The molecular weight excluding hydrogens is 232 g/mol. The van der Waals surface area contributed by atoms with Crippen molar-refractivity contribution in [3.05, 3.63) is 60.2 Å². The molecule has 0 aliphatic rings. The predicted octanol–water partition coefficient (Wildman–Crippen LogP) is 3.13. The molecular formula is C17H22N2. The summed E-state index contributed by atoms with van der Waals surface area (Å²) in [4.78, 5) is 2.31. The van der Waals surface area contributed by atoms with Gasteiger partial charge in [-0.05, 0) is 43.2 Å². The van der Waals surface area contributed by atoms with Crippen LogP contribution in [0.4, 0.5) is 0 Å². The van der Waals surface area contributed by atoms with Gasteiger partial charge in [0.05, 0.1) is 0 Å². The highest BCUT2D eigenvalue weighted by Gasteiger charge is 2.01. The fourth-order valence-electron chi connectivity index (χ4n) is 2.19. The molecule has 100 valence electrons. The first-order valence-electron chi connectivity index (χ1n) is 6.82. The van der Waals surface area contributed by atoms with Gasteiger partial charge in [-0.15, -0.1) is 0 Å². The SMILES string of the molecule is CN(CCCN)Cc1ccc(-c2ccccc2)cc1. The first-order chi connectivity index (χ1) is 9.29. The van der Waals surface area contributed by atoms with E-state index in [0.29, 0.717) is 0 Å². The normalized spacial score (nSPS) is 10.9. The Hall–Kier alpha value is -1.64. The highest BCUT2D eigenvalue weighted by atomic mass is 15.1. The summed E-state index contributed by atoms with van der Waals surface area (Å²) in [7, 11) is 2.14. The van der Waals surface area contributed by atoms with E-state index >= 15 is 0 Å². The summed E-state index contributed by atoms with van der Waals surface area (Å²) >= 11 is 0. The van der Waals surface area contributed by atoms with E-state index in [2.05, 4.69) is 60.5 Å². The minimum absolute atomic E-state index is 0.761. The third-order valence-corrected chi connectivity index (χ3v) is 3.26. The van der Waals surface area contributed by atoms with Gasteiger partial charge in [-0.3, -0.25) is 0 Å². The Balaban J connectivity index is 1.99. The smallest absolute Gasteiger partial charge is 0.0230 e. The summed E-state index contributed by atoms with van der Waals surface area (Å²) in [6, 6.07) is 19.3. The summed E-state index contributed by atoms with van der Waals surface area (Å²) in [5.41, 5.74) is 9.42. The van der Waals surface area contributed by atoms with E-state index in [4.69, 9.17) is 5.73 Å². The fourth-order valence-corrected chi connectivity index (χ4v) is 2.19. The molecule has 0 unspecified atom stereocenters. The van der Waals surface area contributed by atoms with Gasteiger partial charge in [-0.25, -0.2) is 0 Å². The number of nitrogens with two attached hydrogens (primary N) is 1. The van der Waals surface area contributed by atoms with Gasteiger partial charge in [-0.1, -0.05) is 54.6 Å². The van der Waals surface area contributed by atoms with Crippen LogP contribution >= 0.6 is 0 Å². The van der Waals surface area contributed by atoms with Crippen molar-refractivity contribution in [2.45, 2.75) is 13.0 Å². The zero-order valence-corrected chi connectivity index (χ0v) is 11.5. The maximum atomic E-state index is 5.53. The minimum atomic E-state index is 0.761. The van der Waals surface area contributed by atoms with E-state index < -0.39 is 0 Å². The average molecular weight is 254 g/mol. The largest absolute Gasteiger partial charge is 0.330 e. The fraction of sp³-hybridized carbons (Fsp3) is 0.294. The summed E-state index contributed by atoms with van der Waals surface area (Å²) in [5.74, 6) is 0. The van der Waals surface area contributed by atoms with Crippen molar-refractivity contribution in [2.24, 2.45) is 5.73 Å². The van der Waals surface area contributed by atoms with E-state index in [1.54, 1.807) is 0 Å². The second-order valence-corrected chi connectivity index (χ2v) is 4.94. The number of hydrogen-bond acceptors (Lipinski definition) is 2. The Labute approximate surface area is 115 Å². The topological polar surface area (TPSA) is 29.3 Å². The Kier molecular flexibility index (Phi) is 5.13. The molecule has 2 N–H and O–H groups in total. The molecule has 2 nitrogen and oxygen atoms in total. The van der Waals surface area contributed by atoms with Gasteiger partial charge in [0.15, 0.2) is 0 Å². The maximum Gasteiger partial charge on any atom is 0.0230 e. The molecule has 0 heterocycles. The van der Waals surface area contributed by atoms with Crippen LogP contribution in [0.15, 0.2) is 54.6 Å². The highest BCUT2D eigenvalue weighted by molar-refractivity contribution is 5.63. The van der Waals surface area contributed by atoms with Gasteiger partial charge in [0, 0.05) is 6.54 Å². The molecule has 0 radical (unpaired) electrons. The number of benzene rings is 2. The van der Waals surface area contributed by atoms with Crippen molar-refractivity contribution in [2.75, 3.05) is 20.1 Å². The molecule has 0 atom stereocenters. The lowest BCUT2D eigenvalue weighted by Gasteiger charge is -2.16. The van der Waals surface area contributed by atoms with Gasteiger partial charge >= 0.3 is 0 Å². The van der Waals surface area contributed by atoms with Crippen LogP contribution in [0.1, 0.15) is 12.0 Å². The Morgan fingerprint density at radius 3 is 2.16 bits per heavy atom. The van der Waals surface area contributed by atoms with Crippen LogP contribution in [0.2, 0.25) is 0 Å². The van der Waals surface area contributed by atoms with Crippen molar-refractivity contribution in [3.63, 3.8) is 0 Å². The van der Waals surface area contributed by atoms with E-state index in [9.17, 15) is 0 Å². The van der Waals surface area contributed by atoms with Gasteiger partial charge in [0.25, 0.3) is 0 Å². The molecule has 0 aliphatic carbocycles. The van der Waals surface area contributed by atoms with Crippen molar-refractivity contribution >= 4 is 0 Å². The zero-order valence-electron chi connectivity index (χ0n) is 11.5. The molecule has 0 saturated heterocycles. The molecule has 0 amide bonds. The summed E-state index contributed by atoms with van der Waals surface area (Å²) in [6.45, 7) is 2.79. The lowest BCUT2D eigenvalue weighted by molar-refractivity contribution is 0.324. The molecule has 0 aliphatic heterocycles. The zero-order chi connectivity index (χ0) is 13.5. The van der Waals surface area contributed by atoms with Crippen molar-refractivity contribution < 1.29 is 0 Å². The summed E-state index contributed by atoms with van der Waals surface area (Å²) in [5, 5.41) is 0. The lowest BCUT2D eigenvalue weighted by Crippen LogP contribution is -2.21. The number of nitrogens with zero attached hydrogens (tertiary/aromatic N) is 1. The van der Waals surface area contributed by atoms with Gasteiger partial charge < -0.3 is 10.6 Å². The number of hydrogen-bond donors (Lipinski definition) is 1. The van der Waals surface area contributed by atoms with Crippen LogP contribution in [-0.2, 0) is 6.54 Å². The van der Waals surface area contributed by atoms with Crippen LogP contribution in [0, 0.1) is 0 Å². The lowest BCUT2D eigenvalue weighted by atomic mass is 10.0. The highest BCUT2D eigenvalue weighted by Crippen LogP contribution is 2.19. The molecule has 19 heavy (non-hydrogen) atoms. The first-order valence-corrected chi connectivity index (χ1v) is 6.82. The van der Waals surface area contributed by atoms with Crippen LogP contribution in [0.3, 0.4) is 0 Å². The first kappa shape index (κ1) is 13.8. The van der Waals surface area contributed by atoms with Crippen LogP contribution in [-0.4, -0.2) is 25.0 Å². The van der Waals surface area contributed by atoms with Gasteiger partial charge in [0.2, 0.25) is 0 Å². The quantitative estimate of drug-likeness (QED) is 0.858. The van der Waals surface area contributed by atoms with E-state index in [0.717, 1.165) is 26.1 Å². The molecule has 2 heteroatoms. The molecule has 2 aromatic carbocycles.